The van der Waals surface area contributed by atoms with Crippen molar-refractivity contribution in [2.45, 2.75) is 0 Å². The van der Waals surface area contributed by atoms with Crippen LogP contribution in [0, 0.1) is 5.82 Å². The van der Waals surface area contributed by atoms with Gasteiger partial charge in [0.1, 0.15) is 11.6 Å². The van der Waals surface area contributed by atoms with Crippen molar-refractivity contribution in [2.24, 2.45) is 0 Å². The van der Waals surface area contributed by atoms with Crippen molar-refractivity contribution in [3.63, 3.8) is 0 Å². The SMILES string of the molecule is COc1ccc(-c2cnc(N)c(-c3ccc(N)cc3F)c2)cc1OC. The van der Waals surface area contributed by atoms with Gasteiger partial charge < -0.3 is 20.9 Å². The fourth-order valence-corrected chi connectivity index (χ4v) is 2.61. The number of anilines is 2. The maximum absolute atomic E-state index is 14.3. The van der Waals surface area contributed by atoms with Gasteiger partial charge in [-0.1, -0.05) is 6.07 Å². The summed E-state index contributed by atoms with van der Waals surface area (Å²) in [6.07, 6.45) is 1.63. The molecular weight excluding hydrogens is 321 g/mol. The summed E-state index contributed by atoms with van der Waals surface area (Å²) in [6, 6.07) is 11.8. The number of ether oxygens (including phenoxy) is 2. The van der Waals surface area contributed by atoms with Gasteiger partial charge in [-0.3, -0.25) is 0 Å². The lowest BCUT2D eigenvalue weighted by Crippen LogP contribution is -1.98. The van der Waals surface area contributed by atoms with Crippen molar-refractivity contribution < 1.29 is 13.9 Å². The van der Waals surface area contributed by atoms with Gasteiger partial charge in [0.25, 0.3) is 0 Å². The van der Waals surface area contributed by atoms with Crippen LogP contribution in [0.3, 0.4) is 0 Å². The van der Waals surface area contributed by atoms with Gasteiger partial charge in [-0.15, -0.1) is 0 Å². The molecule has 3 rings (SSSR count). The molecule has 25 heavy (non-hydrogen) atoms. The minimum absolute atomic E-state index is 0.243. The van der Waals surface area contributed by atoms with Crippen molar-refractivity contribution in [3.05, 3.63) is 54.5 Å². The predicted molar refractivity (Wildman–Crippen MR) is 97.0 cm³/mol. The minimum Gasteiger partial charge on any atom is -0.493 e. The topological polar surface area (TPSA) is 83.4 Å². The summed E-state index contributed by atoms with van der Waals surface area (Å²) in [5.41, 5.74) is 14.4. The maximum Gasteiger partial charge on any atom is 0.161 e. The molecule has 0 radical (unpaired) electrons. The van der Waals surface area contributed by atoms with E-state index in [1.54, 1.807) is 44.7 Å². The summed E-state index contributed by atoms with van der Waals surface area (Å²) in [5, 5.41) is 0. The molecule has 0 amide bonds. The van der Waals surface area contributed by atoms with Crippen LogP contribution in [0.25, 0.3) is 22.3 Å². The second-order valence-electron chi connectivity index (χ2n) is 5.47. The number of hydrogen-bond donors (Lipinski definition) is 2. The Morgan fingerprint density at radius 1 is 0.840 bits per heavy atom. The molecule has 1 heterocycles. The summed E-state index contributed by atoms with van der Waals surface area (Å²) in [7, 11) is 3.14. The van der Waals surface area contributed by atoms with Gasteiger partial charge in [0.2, 0.25) is 0 Å². The zero-order valence-corrected chi connectivity index (χ0v) is 13.9. The highest BCUT2D eigenvalue weighted by molar-refractivity contribution is 5.80. The summed E-state index contributed by atoms with van der Waals surface area (Å²) in [4.78, 5) is 4.20. The lowest BCUT2D eigenvalue weighted by atomic mass is 10.00. The van der Waals surface area contributed by atoms with Gasteiger partial charge >= 0.3 is 0 Å². The number of methoxy groups -OCH3 is 2. The lowest BCUT2D eigenvalue weighted by Gasteiger charge is -2.12. The van der Waals surface area contributed by atoms with Crippen LogP contribution < -0.4 is 20.9 Å². The Hall–Kier alpha value is -3.28. The maximum atomic E-state index is 14.3. The first-order valence-electron chi connectivity index (χ1n) is 7.56. The van der Waals surface area contributed by atoms with Crippen molar-refractivity contribution in [1.82, 2.24) is 4.98 Å². The van der Waals surface area contributed by atoms with Gasteiger partial charge in [0, 0.05) is 28.6 Å². The van der Waals surface area contributed by atoms with Crippen molar-refractivity contribution in [3.8, 4) is 33.8 Å². The quantitative estimate of drug-likeness (QED) is 0.708. The third kappa shape index (κ3) is 3.19. The lowest BCUT2D eigenvalue weighted by molar-refractivity contribution is 0.355. The number of benzene rings is 2. The largest absolute Gasteiger partial charge is 0.493 e. The Labute approximate surface area is 145 Å². The number of aromatic nitrogens is 1. The molecule has 0 atom stereocenters. The third-order valence-corrected chi connectivity index (χ3v) is 3.92. The predicted octanol–water partition coefficient (Wildman–Crippen LogP) is 3.74. The summed E-state index contributed by atoms with van der Waals surface area (Å²) in [5.74, 6) is 1.02. The van der Waals surface area contributed by atoms with Gasteiger partial charge in [0.05, 0.1) is 14.2 Å². The summed E-state index contributed by atoms with van der Waals surface area (Å²) >= 11 is 0. The second-order valence-corrected chi connectivity index (χ2v) is 5.47. The molecule has 0 aliphatic rings. The van der Waals surface area contributed by atoms with Gasteiger partial charge in [0.15, 0.2) is 11.5 Å². The molecule has 0 saturated carbocycles. The van der Waals surface area contributed by atoms with E-state index in [0.29, 0.717) is 28.3 Å². The van der Waals surface area contributed by atoms with Gasteiger partial charge in [-0.05, 0) is 42.0 Å². The number of hydrogen-bond acceptors (Lipinski definition) is 5. The number of nitrogens with zero attached hydrogens (tertiary/aromatic N) is 1. The van der Waals surface area contributed by atoms with Gasteiger partial charge in [-0.25, -0.2) is 9.37 Å². The molecule has 0 aliphatic carbocycles. The fraction of sp³-hybridized carbons (Fsp3) is 0.105. The Balaban J connectivity index is 2.11. The normalized spacial score (nSPS) is 10.5. The van der Waals surface area contributed by atoms with E-state index in [0.717, 1.165) is 11.1 Å². The zero-order valence-electron chi connectivity index (χ0n) is 13.9. The molecule has 128 valence electrons. The van der Waals surface area contributed by atoms with Gasteiger partial charge in [-0.2, -0.15) is 0 Å². The van der Waals surface area contributed by atoms with E-state index in [9.17, 15) is 4.39 Å². The van der Waals surface area contributed by atoms with Crippen molar-refractivity contribution >= 4 is 11.5 Å². The molecule has 0 spiro atoms. The van der Waals surface area contributed by atoms with E-state index in [-0.39, 0.29) is 5.82 Å². The average molecular weight is 339 g/mol. The molecule has 3 aromatic rings. The van der Waals surface area contributed by atoms with E-state index in [1.165, 1.54) is 6.07 Å². The van der Waals surface area contributed by atoms with E-state index in [1.807, 2.05) is 12.1 Å². The Kier molecular flexibility index (Phi) is 4.43. The van der Waals surface area contributed by atoms with Crippen molar-refractivity contribution in [2.75, 3.05) is 25.7 Å². The highest BCUT2D eigenvalue weighted by Gasteiger charge is 2.13. The van der Waals surface area contributed by atoms with Crippen LogP contribution in [-0.2, 0) is 0 Å². The molecule has 4 N–H and O–H groups in total. The van der Waals surface area contributed by atoms with E-state index < -0.39 is 5.82 Å². The third-order valence-electron chi connectivity index (χ3n) is 3.92. The molecule has 5 nitrogen and oxygen atoms in total. The van der Waals surface area contributed by atoms with Crippen LogP contribution in [0.15, 0.2) is 48.7 Å². The first-order valence-corrected chi connectivity index (χ1v) is 7.56. The van der Waals surface area contributed by atoms with Crippen molar-refractivity contribution in [1.29, 1.82) is 0 Å². The molecule has 2 aromatic carbocycles. The Morgan fingerprint density at radius 3 is 2.28 bits per heavy atom. The minimum atomic E-state index is -0.446. The molecule has 0 fully saturated rings. The number of rotatable bonds is 4. The fourth-order valence-electron chi connectivity index (χ4n) is 2.61. The molecular formula is C19H18FN3O2. The zero-order chi connectivity index (χ0) is 18.0. The number of halogens is 1. The van der Waals surface area contributed by atoms with Crippen LogP contribution >= 0.6 is 0 Å². The molecule has 6 heteroatoms. The molecule has 0 bridgehead atoms. The van der Waals surface area contributed by atoms with E-state index in [4.69, 9.17) is 20.9 Å². The van der Waals surface area contributed by atoms with Crippen LogP contribution in [0.1, 0.15) is 0 Å². The first-order chi connectivity index (χ1) is 12.0. The van der Waals surface area contributed by atoms with Crippen LogP contribution in [0.5, 0.6) is 11.5 Å². The van der Waals surface area contributed by atoms with Crippen LogP contribution in [0.4, 0.5) is 15.9 Å². The number of nitrogens with two attached hydrogens (primary N) is 2. The first kappa shape index (κ1) is 16.6. The molecule has 0 aliphatic heterocycles. The molecule has 0 saturated heterocycles. The van der Waals surface area contributed by atoms with E-state index >= 15 is 0 Å². The average Bonchev–Trinajstić information content (AvgIpc) is 2.62. The highest BCUT2D eigenvalue weighted by atomic mass is 19.1. The van der Waals surface area contributed by atoms with Crippen LogP contribution in [-0.4, -0.2) is 19.2 Å². The Morgan fingerprint density at radius 2 is 1.60 bits per heavy atom. The smallest absolute Gasteiger partial charge is 0.161 e. The standard InChI is InChI=1S/C19H18FN3O2/c1-24-17-6-3-11(8-18(17)25-2)12-7-15(19(22)23-10-12)14-5-4-13(21)9-16(14)20/h3-10H,21H2,1-2H3,(H2,22,23). The molecule has 0 unspecified atom stereocenters. The second kappa shape index (κ2) is 6.68. The summed E-state index contributed by atoms with van der Waals surface area (Å²) in [6.45, 7) is 0. The molecule has 1 aromatic heterocycles. The van der Waals surface area contributed by atoms with Crippen LogP contribution in [0.2, 0.25) is 0 Å². The monoisotopic (exact) mass is 339 g/mol. The number of nitrogen functional groups attached to an aromatic ring is 2. The number of pyridine rings is 1. The summed E-state index contributed by atoms with van der Waals surface area (Å²) < 4.78 is 24.8. The highest BCUT2D eigenvalue weighted by Crippen LogP contribution is 2.35. The Bertz CT molecular complexity index is 929. The van der Waals surface area contributed by atoms with E-state index in [2.05, 4.69) is 4.98 Å².